The zero-order valence-corrected chi connectivity index (χ0v) is 14.7. The standard InChI is InChI=1S/C20H23N5/c1-3-24(4-2)20-22-19(15-21-23-20)25(18-13-9-6-10-14-18)16-17-11-7-5-8-12-17/h5-15H,3-4,16H2,1-2H3. The molecule has 0 spiro atoms. The van der Waals surface area contributed by atoms with Gasteiger partial charge in [-0.25, -0.2) is 0 Å². The Hall–Kier alpha value is -2.95. The van der Waals surface area contributed by atoms with Crippen molar-refractivity contribution in [2.45, 2.75) is 20.4 Å². The van der Waals surface area contributed by atoms with Gasteiger partial charge in [-0.1, -0.05) is 48.5 Å². The normalized spacial score (nSPS) is 10.5. The summed E-state index contributed by atoms with van der Waals surface area (Å²) in [6, 6.07) is 20.6. The van der Waals surface area contributed by atoms with Crippen LogP contribution in [-0.4, -0.2) is 28.3 Å². The minimum Gasteiger partial charge on any atom is -0.340 e. The summed E-state index contributed by atoms with van der Waals surface area (Å²) >= 11 is 0. The van der Waals surface area contributed by atoms with Crippen LogP contribution in [-0.2, 0) is 6.54 Å². The van der Waals surface area contributed by atoms with Crippen LogP contribution in [0.25, 0.3) is 0 Å². The van der Waals surface area contributed by atoms with Crippen LogP contribution in [0.3, 0.4) is 0 Å². The molecule has 0 aliphatic heterocycles. The average Bonchev–Trinajstić information content (AvgIpc) is 2.69. The average molecular weight is 333 g/mol. The van der Waals surface area contributed by atoms with Gasteiger partial charge in [0, 0.05) is 25.3 Å². The number of anilines is 3. The van der Waals surface area contributed by atoms with Gasteiger partial charge < -0.3 is 9.80 Å². The number of hydrogen-bond acceptors (Lipinski definition) is 5. The summed E-state index contributed by atoms with van der Waals surface area (Å²) < 4.78 is 0. The van der Waals surface area contributed by atoms with Crippen LogP contribution in [0, 0.1) is 0 Å². The van der Waals surface area contributed by atoms with Gasteiger partial charge in [0.15, 0.2) is 5.82 Å². The number of hydrogen-bond donors (Lipinski definition) is 0. The molecule has 5 heteroatoms. The van der Waals surface area contributed by atoms with Gasteiger partial charge in [-0.15, -0.1) is 5.10 Å². The molecule has 3 rings (SSSR count). The molecule has 0 N–H and O–H groups in total. The van der Waals surface area contributed by atoms with Crippen molar-refractivity contribution in [1.82, 2.24) is 15.2 Å². The van der Waals surface area contributed by atoms with E-state index in [0.717, 1.165) is 31.1 Å². The van der Waals surface area contributed by atoms with E-state index in [1.165, 1.54) is 5.56 Å². The topological polar surface area (TPSA) is 45.2 Å². The fourth-order valence-electron chi connectivity index (χ4n) is 2.73. The summed E-state index contributed by atoms with van der Waals surface area (Å²) in [6.07, 6.45) is 1.73. The van der Waals surface area contributed by atoms with Crippen molar-refractivity contribution >= 4 is 17.5 Å². The van der Waals surface area contributed by atoms with Crippen LogP contribution in [0.2, 0.25) is 0 Å². The van der Waals surface area contributed by atoms with Gasteiger partial charge in [-0.05, 0) is 31.5 Å². The van der Waals surface area contributed by atoms with Gasteiger partial charge in [0.2, 0.25) is 5.95 Å². The van der Waals surface area contributed by atoms with Gasteiger partial charge in [0.05, 0.1) is 6.20 Å². The maximum atomic E-state index is 4.77. The Balaban J connectivity index is 1.98. The molecular weight excluding hydrogens is 310 g/mol. The highest BCUT2D eigenvalue weighted by Crippen LogP contribution is 2.26. The monoisotopic (exact) mass is 333 g/mol. The minimum atomic E-state index is 0.663. The lowest BCUT2D eigenvalue weighted by atomic mass is 10.2. The van der Waals surface area contributed by atoms with Crippen molar-refractivity contribution in [3.63, 3.8) is 0 Å². The molecule has 5 nitrogen and oxygen atoms in total. The Kier molecular flexibility index (Phi) is 5.57. The highest BCUT2D eigenvalue weighted by molar-refractivity contribution is 5.60. The lowest BCUT2D eigenvalue weighted by molar-refractivity contribution is 0.786. The molecule has 25 heavy (non-hydrogen) atoms. The van der Waals surface area contributed by atoms with Crippen molar-refractivity contribution in [3.8, 4) is 0 Å². The Morgan fingerprint density at radius 1 is 0.840 bits per heavy atom. The van der Waals surface area contributed by atoms with Crippen molar-refractivity contribution < 1.29 is 0 Å². The Bertz CT molecular complexity index is 772. The molecule has 0 aliphatic rings. The first-order chi connectivity index (χ1) is 12.3. The summed E-state index contributed by atoms with van der Waals surface area (Å²) in [4.78, 5) is 9.03. The molecule has 0 unspecified atom stereocenters. The molecule has 0 saturated heterocycles. The van der Waals surface area contributed by atoms with Gasteiger partial charge in [0.25, 0.3) is 0 Å². The second kappa shape index (κ2) is 8.24. The van der Waals surface area contributed by atoms with Gasteiger partial charge in [-0.2, -0.15) is 10.1 Å². The van der Waals surface area contributed by atoms with Crippen molar-refractivity contribution in [2.75, 3.05) is 22.9 Å². The zero-order chi connectivity index (χ0) is 17.5. The number of benzene rings is 2. The SMILES string of the molecule is CCN(CC)c1nncc(N(Cc2ccccc2)c2ccccc2)n1. The Labute approximate surface area is 149 Å². The molecule has 1 heterocycles. The number of aromatic nitrogens is 3. The van der Waals surface area contributed by atoms with E-state index in [9.17, 15) is 0 Å². The fourth-order valence-corrected chi connectivity index (χ4v) is 2.73. The van der Waals surface area contributed by atoms with Crippen LogP contribution in [0.1, 0.15) is 19.4 Å². The molecule has 1 aromatic heterocycles. The number of nitrogens with zero attached hydrogens (tertiary/aromatic N) is 5. The highest BCUT2D eigenvalue weighted by atomic mass is 15.3. The molecular formula is C20H23N5. The summed E-state index contributed by atoms with van der Waals surface area (Å²) in [6.45, 7) is 6.62. The van der Waals surface area contributed by atoms with Crippen LogP contribution >= 0.6 is 0 Å². The van der Waals surface area contributed by atoms with E-state index >= 15 is 0 Å². The first kappa shape index (κ1) is 16.9. The predicted molar refractivity (Wildman–Crippen MR) is 102 cm³/mol. The smallest absolute Gasteiger partial charge is 0.247 e. The molecule has 0 amide bonds. The molecule has 0 bridgehead atoms. The lowest BCUT2D eigenvalue weighted by Crippen LogP contribution is -2.26. The van der Waals surface area contributed by atoms with Crippen LogP contribution in [0.4, 0.5) is 17.5 Å². The van der Waals surface area contributed by atoms with E-state index in [4.69, 9.17) is 4.98 Å². The Morgan fingerprint density at radius 3 is 2.12 bits per heavy atom. The molecule has 0 aliphatic carbocycles. The number of rotatable bonds is 7. The molecule has 3 aromatic rings. The Morgan fingerprint density at radius 2 is 1.48 bits per heavy atom. The quantitative estimate of drug-likeness (QED) is 0.652. The van der Waals surface area contributed by atoms with Crippen molar-refractivity contribution in [1.29, 1.82) is 0 Å². The van der Waals surface area contributed by atoms with Crippen molar-refractivity contribution in [3.05, 3.63) is 72.4 Å². The second-order valence-electron chi connectivity index (χ2n) is 5.69. The fraction of sp³-hybridized carbons (Fsp3) is 0.250. The summed E-state index contributed by atoms with van der Waals surface area (Å²) in [5, 5.41) is 8.40. The van der Waals surface area contributed by atoms with E-state index < -0.39 is 0 Å². The lowest BCUT2D eigenvalue weighted by Gasteiger charge is -2.25. The number of para-hydroxylation sites is 1. The third-order valence-corrected chi connectivity index (χ3v) is 4.11. The van der Waals surface area contributed by atoms with E-state index in [2.05, 4.69) is 70.2 Å². The molecule has 2 aromatic carbocycles. The maximum Gasteiger partial charge on any atom is 0.247 e. The van der Waals surface area contributed by atoms with Gasteiger partial charge in [0.1, 0.15) is 0 Å². The van der Waals surface area contributed by atoms with Gasteiger partial charge in [-0.3, -0.25) is 0 Å². The van der Waals surface area contributed by atoms with E-state index in [1.54, 1.807) is 6.20 Å². The van der Waals surface area contributed by atoms with E-state index in [1.807, 2.05) is 24.3 Å². The summed E-state index contributed by atoms with van der Waals surface area (Å²) in [5.41, 5.74) is 2.30. The second-order valence-corrected chi connectivity index (χ2v) is 5.69. The van der Waals surface area contributed by atoms with Gasteiger partial charge >= 0.3 is 0 Å². The zero-order valence-electron chi connectivity index (χ0n) is 14.7. The van der Waals surface area contributed by atoms with Crippen molar-refractivity contribution in [2.24, 2.45) is 0 Å². The molecule has 0 fully saturated rings. The van der Waals surface area contributed by atoms with Crippen LogP contribution < -0.4 is 9.80 Å². The first-order valence-corrected chi connectivity index (χ1v) is 8.63. The largest absolute Gasteiger partial charge is 0.340 e. The highest BCUT2D eigenvalue weighted by Gasteiger charge is 2.15. The maximum absolute atomic E-state index is 4.77. The molecule has 0 saturated carbocycles. The molecule has 0 atom stereocenters. The molecule has 128 valence electrons. The first-order valence-electron chi connectivity index (χ1n) is 8.63. The minimum absolute atomic E-state index is 0.663. The van der Waals surface area contributed by atoms with E-state index in [-0.39, 0.29) is 0 Å². The van der Waals surface area contributed by atoms with Crippen LogP contribution in [0.15, 0.2) is 66.9 Å². The third-order valence-electron chi connectivity index (χ3n) is 4.11. The third kappa shape index (κ3) is 4.12. The van der Waals surface area contributed by atoms with E-state index in [0.29, 0.717) is 5.95 Å². The molecule has 0 radical (unpaired) electrons. The van der Waals surface area contributed by atoms with Crippen LogP contribution in [0.5, 0.6) is 0 Å². The summed E-state index contributed by atoms with van der Waals surface area (Å²) in [7, 11) is 0. The summed E-state index contributed by atoms with van der Waals surface area (Å²) in [5.74, 6) is 1.46. The predicted octanol–water partition coefficient (Wildman–Crippen LogP) is 4.06.